The lowest BCUT2D eigenvalue weighted by molar-refractivity contribution is 0.0170. The van der Waals surface area contributed by atoms with E-state index < -0.39 is 0 Å². The van der Waals surface area contributed by atoms with Crippen molar-refractivity contribution in [3.05, 3.63) is 35.6 Å². The van der Waals surface area contributed by atoms with Gasteiger partial charge in [-0.1, -0.05) is 19.1 Å². The van der Waals surface area contributed by atoms with Crippen LogP contribution in [0.1, 0.15) is 24.9 Å². The highest BCUT2D eigenvalue weighted by Crippen LogP contribution is 2.21. The van der Waals surface area contributed by atoms with E-state index in [1.807, 2.05) is 12.1 Å². The topological polar surface area (TPSA) is 48.9 Å². The lowest BCUT2D eigenvalue weighted by Crippen LogP contribution is -2.46. The van der Waals surface area contributed by atoms with Crippen LogP contribution in [0.5, 0.6) is 0 Å². The molecule has 0 spiro atoms. The molecule has 0 saturated carbocycles. The Hall–Kier alpha value is -1.66. The van der Waals surface area contributed by atoms with E-state index >= 15 is 0 Å². The van der Waals surface area contributed by atoms with E-state index in [-0.39, 0.29) is 11.9 Å². The largest absolute Gasteiger partial charge is 0.379 e. The first-order chi connectivity index (χ1) is 11.2. The third-order valence-corrected chi connectivity index (χ3v) is 3.97. The van der Waals surface area contributed by atoms with Crippen molar-refractivity contribution in [2.75, 3.05) is 46.4 Å². The van der Waals surface area contributed by atoms with Gasteiger partial charge in [-0.2, -0.15) is 0 Å². The van der Waals surface area contributed by atoms with Crippen molar-refractivity contribution >= 4 is 5.96 Å². The van der Waals surface area contributed by atoms with Crippen LogP contribution in [0.3, 0.4) is 0 Å². The lowest BCUT2D eigenvalue weighted by atomic mass is 10.0. The number of benzene rings is 1. The van der Waals surface area contributed by atoms with Crippen LogP contribution in [0.2, 0.25) is 0 Å². The summed E-state index contributed by atoms with van der Waals surface area (Å²) in [7, 11) is 1.77. The fourth-order valence-corrected chi connectivity index (χ4v) is 2.69. The maximum Gasteiger partial charge on any atom is 0.191 e. The lowest BCUT2D eigenvalue weighted by Gasteiger charge is -2.35. The van der Waals surface area contributed by atoms with Gasteiger partial charge in [0.2, 0.25) is 0 Å². The third kappa shape index (κ3) is 5.48. The van der Waals surface area contributed by atoms with Crippen LogP contribution in [0.25, 0.3) is 0 Å². The number of hydrogen-bond donors (Lipinski definition) is 2. The van der Waals surface area contributed by atoms with E-state index in [0.29, 0.717) is 0 Å². The Morgan fingerprint density at radius 1 is 1.26 bits per heavy atom. The summed E-state index contributed by atoms with van der Waals surface area (Å²) in [5.74, 6) is 0.593. The second-order valence-electron chi connectivity index (χ2n) is 5.60. The molecule has 1 aromatic carbocycles. The average Bonchev–Trinajstić information content (AvgIpc) is 2.60. The molecule has 1 aromatic rings. The van der Waals surface area contributed by atoms with E-state index in [0.717, 1.165) is 57.3 Å². The minimum absolute atomic E-state index is 0.166. The predicted octanol–water partition coefficient (Wildman–Crippen LogP) is 1.77. The Labute approximate surface area is 137 Å². The van der Waals surface area contributed by atoms with Gasteiger partial charge in [0.25, 0.3) is 0 Å². The molecule has 1 aliphatic heterocycles. The molecular weight excluding hydrogens is 295 g/mol. The van der Waals surface area contributed by atoms with Gasteiger partial charge in [-0.15, -0.1) is 0 Å². The highest BCUT2D eigenvalue weighted by molar-refractivity contribution is 5.79. The van der Waals surface area contributed by atoms with E-state index in [1.165, 1.54) is 12.1 Å². The van der Waals surface area contributed by atoms with Gasteiger partial charge in [-0.05, 0) is 24.1 Å². The quantitative estimate of drug-likeness (QED) is 0.619. The van der Waals surface area contributed by atoms with Crippen LogP contribution in [0.4, 0.5) is 4.39 Å². The van der Waals surface area contributed by atoms with Crippen molar-refractivity contribution in [2.24, 2.45) is 4.99 Å². The monoisotopic (exact) mass is 322 g/mol. The normalized spacial score (nSPS) is 17.8. The number of hydrogen-bond acceptors (Lipinski definition) is 3. The van der Waals surface area contributed by atoms with Crippen molar-refractivity contribution in [1.82, 2.24) is 15.5 Å². The molecule has 0 amide bonds. The van der Waals surface area contributed by atoms with Crippen LogP contribution in [-0.2, 0) is 4.74 Å². The standard InChI is InChI=1S/C17H27FN4O/c1-3-8-20-17(19-2)21-13-16(22-9-11-23-12-10-22)14-4-6-15(18)7-5-14/h4-7,16H,3,8-13H2,1-2H3,(H2,19,20,21). The SMILES string of the molecule is CCCNC(=NC)NCC(c1ccc(F)cc1)N1CCOCC1. The zero-order valence-electron chi connectivity index (χ0n) is 14.0. The number of nitrogens with one attached hydrogen (secondary N) is 2. The maximum atomic E-state index is 13.2. The van der Waals surface area contributed by atoms with Gasteiger partial charge in [0.05, 0.1) is 19.3 Å². The van der Waals surface area contributed by atoms with Gasteiger partial charge in [-0.25, -0.2) is 4.39 Å². The second kappa shape index (κ2) is 9.47. The first-order valence-electron chi connectivity index (χ1n) is 8.26. The number of nitrogens with zero attached hydrogens (tertiary/aromatic N) is 2. The summed E-state index contributed by atoms with van der Waals surface area (Å²) >= 11 is 0. The fourth-order valence-electron chi connectivity index (χ4n) is 2.69. The fraction of sp³-hybridized carbons (Fsp3) is 0.588. The van der Waals surface area contributed by atoms with Gasteiger partial charge in [0, 0.05) is 33.2 Å². The second-order valence-corrected chi connectivity index (χ2v) is 5.60. The van der Waals surface area contributed by atoms with Gasteiger partial charge in [0.1, 0.15) is 5.82 Å². The number of guanidine groups is 1. The van der Waals surface area contributed by atoms with Gasteiger partial charge in [0.15, 0.2) is 5.96 Å². The number of aliphatic imine (C=N–C) groups is 1. The van der Waals surface area contributed by atoms with E-state index in [2.05, 4.69) is 27.4 Å². The Morgan fingerprint density at radius 3 is 2.57 bits per heavy atom. The Kier molecular flexibility index (Phi) is 7.29. The molecule has 0 aromatic heterocycles. The van der Waals surface area contributed by atoms with Crippen LogP contribution < -0.4 is 10.6 Å². The van der Waals surface area contributed by atoms with Gasteiger partial charge < -0.3 is 15.4 Å². The predicted molar refractivity (Wildman–Crippen MR) is 91.2 cm³/mol. The molecule has 2 N–H and O–H groups in total. The molecule has 0 aliphatic carbocycles. The smallest absolute Gasteiger partial charge is 0.191 e. The summed E-state index contributed by atoms with van der Waals surface area (Å²) in [6, 6.07) is 6.93. The molecule has 0 bridgehead atoms. The maximum absolute atomic E-state index is 13.2. The van der Waals surface area contributed by atoms with Gasteiger partial charge >= 0.3 is 0 Å². The summed E-state index contributed by atoms with van der Waals surface area (Å²) < 4.78 is 18.7. The molecule has 1 fully saturated rings. The Bertz CT molecular complexity index is 486. The summed E-state index contributed by atoms with van der Waals surface area (Å²) in [4.78, 5) is 6.61. The highest BCUT2D eigenvalue weighted by Gasteiger charge is 2.22. The Balaban J connectivity index is 2.05. The van der Waals surface area contributed by atoms with Crippen molar-refractivity contribution in [2.45, 2.75) is 19.4 Å². The molecule has 5 nitrogen and oxygen atoms in total. The highest BCUT2D eigenvalue weighted by atomic mass is 19.1. The molecule has 128 valence electrons. The van der Waals surface area contributed by atoms with Gasteiger partial charge in [-0.3, -0.25) is 9.89 Å². The Morgan fingerprint density at radius 2 is 1.96 bits per heavy atom. The summed E-state index contributed by atoms with van der Waals surface area (Å²) in [5.41, 5.74) is 1.10. The van der Waals surface area contributed by atoms with E-state index in [9.17, 15) is 4.39 Å². The molecule has 1 heterocycles. The van der Waals surface area contributed by atoms with Crippen molar-refractivity contribution in [3.8, 4) is 0 Å². The van der Waals surface area contributed by atoms with Crippen LogP contribution in [0.15, 0.2) is 29.3 Å². The molecule has 6 heteroatoms. The van der Waals surface area contributed by atoms with Crippen LogP contribution >= 0.6 is 0 Å². The number of morpholine rings is 1. The third-order valence-electron chi connectivity index (χ3n) is 3.97. The molecule has 1 saturated heterocycles. The zero-order valence-corrected chi connectivity index (χ0v) is 14.0. The van der Waals surface area contributed by atoms with Crippen molar-refractivity contribution < 1.29 is 9.13 Å². The van der Waals surface area contributed by atoms with Crippen LogP contribution in [-0.4, -0.2) is 57.3 Å². The van der Waals surface area contributed by atoms with Crippen molar-refractivity contribution in [1.29, 1.82) is 0 Å². The minimum Gasteiger partial charge on any atom is -0.379 e. The first-order valence-corrected chi connectivity index (χ1v) is 8.26. The molecule has 1 atom stereocenters. The molecule has 1 aliphatic rings. The zero-order chi connectivity index (χ0) is 16.5. The molecular formula is C17H27FN4O. The molecule has 23 heavy (non-hydrogen) atoms. The summed E-state index contributed by atoms with van der Waals surface area (Å²) in [6.07, 6.45) is 1.05. The van der Waals surface area contributed by atoms with E-state index in [4.69, 9.17) is 4.74 Å². The summed E-state index contributed by atoms with van der Waals surface area (Å²) in [6.45, 7) is 6.96. The van der Waals surface area contributed by atoms with E-state index in [1.54, 1.807) is 7.05 Å². The molecule has 0 radical (unpaired) electrons. The average molecular weight is 322 g/mol. The number of halogens is 1. The first kappa shape index (κ1) is 17.7. The molecule has 2 rings (SSSR count). The van der Waals surface area contributed by atoms with Crippen molar-refractivity contribution in [3.63, 3.8) is 0 Å². The number of rotatable bonds is 6. The van der Waals surface area contributed by atoms with Crippen LogP contribution in [0, 0.1) is 5.82 Å². The molecule has 1 unspecified atom stereocenters. The number of ether oxygens (including phenoxy) is 1. The summed E-state index contributed by atoms with van der Waals surface area (Å²) in [5, 5.41) is 6.65. The minimum atomic E-state index is -0.206.